The molecule has 25 heavy (non-hydrogen) atoms. The third kappa shape index (κ3) is 3.90. The zero-order valence-electron chi connectivity index (χ0n) is 13.5. The molecule has 0 saturated heterocycles. The number of nitrogens with zero attached hydrogens (tertiary/aromatic N) is 1. The van der Waals surface area contributed by atoms with Crippen LogP contribution in [0.2, 0.25) is 0 Å². The van der Waals surface area contributed by atoms with Crippen molar-refractivity contribution in [1.82, 2.24) is 0 Å². The van der Waals surface area contributed by atoms with Gasteiger partial charge in [-0.15, -0.1) is 0 Å². The van der Waals surface area contributed by atoms with Crippen LogP contribution in [0.5, 0.6) is 5.75 Å². The first-order valence-corrected chi connectivity index (χ1v) is 7.67. The van der Waals surface area contributed by atoms with Crippen molar-refractivity contribution in [2.75, 3.05) is 0 Å². The number of rotatable bonds is 4. The number of non-ortho nitro benzene ring substituents is 1. The van der Waals surface area contributed by atoms with E-state index in [0.29, 0.717) is 5.75 Å². The van der Waals surface area contributed by atoms with Gasteiger partial charge in [0.2, 0.25) is 0 Å². The Morgan fingerprint density at radius 2 is 1.36 bits per heavy atom. The Kier molecular flexibility index (Phi) is 4.57. The van der Waals surface area contributed by atoms with Crippen molar-refractivity contribution >= 4 is 11.7 Å². The van der Waals surface area contributed by atoms with Crippen LogP contribution in [0.25, 0.3) is 11.1 Å². The van der Waals surface area contributed by atoms with Gasteiger partial charge in [0, 0.05) is 12.1 Å². The van der Waals surface area contributed by atoms with Crippen LogP contribution in [0, 0.1) is 17.0 Å². The summed E-state index contributed by atoms with van der Waals surface area (Å²) < 4.78 is 5.30. The van der Waals surface area contributed by atoms with Crippen LogP contribution < -0.4 is 4.74 Å². The highest BCUT2D eigenvalue weighted by molar-refractivity contribution is 5.91. The maximum atomic E-state index is 12.1. The highest BCUT2D eigenvalue weighted by atomic mass is 16.6. The molecule has 0 N–H and O–H groups in total. The summed E-state index contributed by atoms with van der Waals surface area (Å²) in [6.45, 7) is 2.03. The number of nitro benzene ring substituents is 1. The van der Waals surface area contributed by atoms with Crippen LogP contribution in [-0.4, -0.2) is 10.9 Å². The molecule has 0 fully saturated rings. The van der Waals surface area contributed by atoms with Crippen LogP contribution in [0.15, 0.2) is 72.8 Å². The molecule has 3 rings (SSSR count). The highest BCUT2D eigenvalue weighted by Crippen LogP contribution is 2.23. The molecule has 3 aromatic rings. The van der Waals surface area contributed by atoms with Crippen LogP contribution in [0.4, 0.5) is 5.69 Å². The van der Waals surface area contributed by atoms with Crippen LogP contribution in [0.1, 0.15) is 15.9 Å². The van der Waals surface area contributed by atoms with Gasteiger partial charge in [0.15, 0.2) is 0 Å². The summed E-state index contributed by atoms with van der Waals surface area (Å²) in [5, 5.41) is 10.6. The topological polar surface area (TPSA) is 69.4 Å². The van der Waals surface area contributed by atoms with Gasteiger partial charge in [-0.05, 0) is 42.3 Å². The zero-order valence-corrected chi connectivity index (χ0v) is 13.5. The molecule has 0 radical (unpaired) electrons. The number of aryl methyl sites for hydroxylation is 1. The third-order valence-electron chi connectivity index (χ3n) is 3.76. The van der Waals surface area contributed by atoms with E-state index < -0.39 is 10.9 Å². The largest absolute Gasteiger partial charge is 0.423 e. The Hall–Kier alpha value is -3.47. The monoisotopic (exact) mass is 333 g/mol. The van der Waals surface area contributed by atoms with Gasteiger partial charge >= 0.3 is 5.97 Å². The number of hydrogen-bond acceptors (Lipinski definition) is 4. The van der Waals surface area contributed by atoms with E-state index in [2.05, 4.69) is 0 Å². The van der Waals surface area contributed by atoms with Crippen LogP contribution in [0.3, 0.4) is 0 Å². The molecule has 0 heterocycles. The van der Waals surface area contributed by atoms with E-state index in [9.17, 15) is 14.9 Å². The second kappa shape index (κ2) is 6.97. The van der Waals surface area contributed by atoms with Gasteiger partial charge in [-0.1, -0.05) is 42.0 Å². The summed E-state index contributed by atoms with van der Waals surface area (Å²) in [5.74, 6) is -0.141. The van der Waals surface area contributed by atoms with Crippen LogP contribution >= 0.6 is 0 Å². The standard InChI is InChI=1S/C20H15NO4/c1-14-2-4-15(5-3-14)16-8-12-19(13-9-16)25-20(22)17-6-10-18(11-7-17)21(23)24/h2-13H,1H3. The predicted molar refractivity (Wildman–Crippen MR) is 94.7 cm³/mol. The molecule has 0 unspecified atom stereocenters. The Labute approximate surface area is 144 Å². The fourth-order valence-corrected chi connectivity index (χ4v) is 2.35. The first-order valence-electron chi connectivity index (χ1n) is 7.67. The predicted octanol–water partition coefficient (Wildman–Crippen LogP) is 4.79. The third-order valence-corrected chi connectivity index (χ3v) is 3.76. The van der Waals surface area contributed by atoms with Crippen molar-refractivity contribution in [3.63, 3.8) is 0 Å². The first kappa shape index (κ1) is 16.4. The molecule has 3 aromatic carbocycles. The molecule has 0 aliphatic heterocycles. The van der Waals surface area contributed by atoms with E-state index in [1.807, 2.05) is 43.3 Å². The molecule has 5 nitrogen and oxygen atoms in total. The second-order valence-electron chi connectivity index (χ2n) is 5.58. The molecular weight excluding hydrogens is 318 g/mol. The van der Waals surface area contributed by atoms with Gasteiger partial charge in [0.1, 0.15) is 5.75 Å². The average molecular weight is 333 g/mol. The van der Waals surface area contributed by atoms with Crippen molar-refractivity contribution in [3.8, 4) is 16.9 Å². The fourth-order valence-electron chi connectivity index (χ4n) is 2.35. The van der Waals surface area contributed by atoms with Gasteiger partial charge in [0.05, 0.1) is 10.5 Å². The quantitative estimate of drug-likeness (QED) is 0.298. The number of carbonyl (C=O) groups is 1. The number of hydrogen-bond donors (Lipinski definition) is 0. The van der Waals surface area contributed by atoms with Gasteiger partial charge in [0.25, 0.3) is 5.69 Å². The molecule has 0 amide bonds. The molecule has 0 bridgehead atoms. The second-order valence-corrected chi connectivity index (χ2v) is 5.58. The summed E-state index contributed by atoms with van der Waals surface area (Å²) in [4.78, 5) is 22.2. The maximum absolute atomic E-state index is 12.1. The highest BCUT2D eigenvalue weighted by Gasteiger charge is 2.11. The number of esters is 1. The average Bonchev–Trinajstić information content (AvgIpc) is 2.63. The van der Waals surface area contributed by atoms with Crippen molar-refractivity contribution < 1.29 is 14.5 Å². The smallest absolute Gasteiger partial charge is 0.343 e. The summed E-state index contributed by atoms with van der Waals surface area (Å²) in [6.07, 6.45) is 0. The van der Waals surface area contributed by atoms with Gasteiger partial charge in [-0.25, -0.2) is 4.79 Å². The van der Waals surface area contributed by atoms with Crippen molar-refractivity contribution in [2.45, 2.75) is 6.92 Å². The molecule has 0 spiro atoms. The lowest BCUT2D eigenvalue weighted by atomic mass is 10.0. The summed E-state index contributed by atoms with van der Waals surface area (Å²) >= 11 is 0. The van der Waals surface area contributed by atoms with E-state index in [1.54, 1.807) is 12.1 Å². The number of carbonyl (C=O) groups excluding carboxylic acids is 1. The van der Waals surface area contributed by atoms with E-state index in [4.69, 9.17) is 4.74 Å². The zero-order chi connectivity index (χ0) is 17.8. The van der Waals surface area contributed by atoms with Crippen molar-refractivity contribution in [3.05, 3.63) is 94.0 Å². The Bertz CT molecular complexity index is 898. The Balaban J connectivity index is 1.71. The van der Waals surface area contributed by atoms with E-state index in [1.165, 1.54) is 29.8 Å². The lowest BCUT2D eigenvalue weighted by molar-refractivity contribution is -0.384. The lowest BCUT2D eigenvalue weighted by Crippen LogP contribution is -2.08. The van der Waals surface area contributed by atoms with Crippen molar-refractivity contribution in [2.24, 2.45) is 0 Å². The minimum atomic E-state index is -0.557. The first-order chi connectivity index (χ1) is 12.0. The van der Waals surface area contributed by atoms with E-state index >= 15 is 0 Å². The number of nitro groups is 1. The number of ether oxygens (including phenoxy) is 1. The molecule has 5 heteroatoms. The molecule has 0 aliphatic rings. The molecule has 0 aromatic heterocycles. The normalized spacial score (nSPS) is 10.3. The maximum Gasteiger partial charge on any atom is 0.343 e. The summed E-state index contributed by atoms with van der Waals surface area (Å²) in [7, 11) is 0. The van der Waals surface area contributed by atoms with Crippen molar-refractivity contribution in [1.29, 1.82) is 0 Å². The van der Waals surface area contributed by atoms with Gasteiger partial charge in [-0.2, -0.15) is 0 Å². The Morgan fingerprint density at radius 3 is 1.88 bits per heavy atom. The molecule has 0 atom stereocenters. The van der Waals surface area contributed by atoms with Crippen LogP contribution in [-0.2, 0) is 0 Å². The Morgan fingerprint density at radius 1 is 0.840 bits per heavy atom. The minimum Gasteiger partial charge on any atom is -0.423 e. The summed E-state index contributed by atoms with van der Waals surface area (Å²) in [5.41, 5.74) is 3.48. The lowest BCUT2D eigenvalue weighted by Gasteiger charge is -2.06. The fraction of sp³-hybridized carbons (Fsp3) is 0.0500. The molecule has 124 valence electrons. The van der Waals surface area contributed by atoms with Gasteiger partial charge in [-0.3, -0.25) is 10.1 Å². The summed E-state index contributed by atoms with van der Waals surface area (Å²) in [6, 6.07) is 20.6. The van der Waals surface area contributed by atoms with Gasteiger partial charge < -0.3 is 4.74 Å². The molecule has 0 aliphatic carbocycles. The number of benzene rings is 3. The molecular formula is C20H15NO4. The van der Waals surface area contributed by atoms with E-state index in [-0.39, 0.29) is 11.3 Å². The van der Waals surface area contributed by atoms with E-state index in [0.717, 1.165) is 11.1 Å². The minimum absolute atomic E-state index is 0.0704. The SMILES string of the molecule is Cc1ccc(-c2ccc(OC(=O)c3ccc([N+](=O)[O-])cc3)cc2)cc1. The molecule has 0 saturated carbocycles.